The molecule has 0 saturated carbocycles. The maximum absolute atomic E-state index is 13.0. The molecule has 0 radical (unpaired) electrons. The first-order valence-corrected chi connectivity index (χ1v) is 11.1. The molecule has 3 heterocycles. The van der Waals surface area contributed by atoms with Crippen LogP contribution >= 0.6 is 11.6 Å². The summed E-state index contributed by atoms with van der Waals surface area (Å²) in [6.45, 7) is 8.55. The number of aromatic nitrogens is 1. The molecule has 1 aromatic rings. The van der Waals surface area contributed by atoms with Gasteiger partial charge in [-0.05, 0) is 53.4 Å². The number of nitrogens with one attached hydrogen (secondary N) is 1. The van der Waals surface area contributed by atoms with E-state index >= 15 is 0 Å². The van der Waals surface area contributed by atoms with Crippen LogP contribution in [-0.2, 0) is 27.2 Å². The minimum Gasteiger partial charge on any atom is -0.465 e. The molecule has 1 N–H and O–H groups in total. The van der Waals surface area contributed by atoms with Crippen LogP contribution in [0.25, 0.3) is 0 Å². The molecule has 0 bridgehead atoms. The maximum atomic E-state index is 13.0. The second kappa shape index (κ2) is 8.77. The van der Waals surface area contributed by atoms with Crippen molar-refractivity contribution in [2.24, 2.45) is 0 Å². The Labute approximate surface area is 192 Å². The van der Waals surface area contributed by atoms with Gasteiger partial charge in [0, 0.05) is 30.9 Å². The third-order valence-electron chi connectivity index (χ3n) is 5.85. The first kappa shape index (κ1) is 24.1. The molecule has 0 aromatic carbocycles. The number of ether oxygens (including phenoxy) is 2. The highest BCUT2D eigenvalue weighted by Crippen LogP contribution is 2.34. The SMILES string of the molecule is COC(=O)c1c(Cl)c(C(=O)C(=O)NC2(C)CCN(C(=O)OC(C)(C)C)CC2)n2c1CCC2. The molecule has 1 aromatic heterocycles. The minimum absolute atomic E-state index is 0.0202. The number of amides is 2. The van der Waals surface area contributed by atoms with Crippen molar-refractivity contribution in [3.63, 3.8) is 0 Å². The van der Waals surface area contributed by atoms with E-state index in [1.807, 2.05) is 6.92 Å². The number of halogens is 1. The van der Waals surface area contributed by atoms with Crippen LogP contribution in [0.15, 0.2) is 0 Å². The first-order valence-electron chi connectivity index (χ1n) is 10.7. The number of carbonyl (C=O) groups excluding carboxylic acids is 4. The molecule has 2 amide bonds. The van der Waals surface area contributed by atoms with Crippen molar-refractivity contribution in [2.45, 2.75) is 71.1 Å². The van der Waals surface area contributed by atoms with Gasteiger partial charge in [-0.25, -0.2) is 9.59 Å². The summed E-state index contributed by atoms with van der Waals surface area (Å²) in [5.74, 6) is -2.20. The molecule has 10 heteroatoms. The van der Waals surface area contributed by atoms with Crippen LogP contribution in [0, 0.1) is 0 Å². The van der Waals surface area contributed by atoms with Crippen LogP contribution < -0.4 is 5.32 Å². The third-order valence-corrected chi connectivity index (χ3v) is 6.22. The van der Waals surface area contributed by atoms with Gasteiger partial charge < -0.3 is 24.3 Å². The van der Waals surface area contributed by atoms with Crippen LogP contribution in [0.3, 0.4) is 0 Å². The van der Waals surface area contributed by atoms with Crippen molar-refractivity contribution in [1.82, 2.24) is 14.8 Å². The van der Waals surface area contributed by atoms with Crippen molar-refractivity contribution >= 4 is 35.4 Å². The number of esters is 1. The lowest BCUT2D eigenvalue weighted by Crippen LogP contribution is -2.56. The molecular formula is C22H30ClN3O6. The topological polar surface area (TPSA) is 107 Å². The molecule has 2 aliphatic rings. The Morgan fingerprint density at radius 3 is 2.28 bits per heavy atom. The fourth-order valence-electron chi connectivity index (χ4n) is 4.15. The molecule has 2 aliphatic heterocycles. The van der Waals surface area contributed by atoms with E-state index in [-0.39, 0.29) is 16.3 Å². The van der Waals surface area contributed by atoms with E-state index in [9.17, 15) is 19.2 Å². The highest BCUT2D eigenvalue weighted by Gasteiger charge is 2.39. The van der Waals surface area contributed by atoms with Gasteiger partial charge >= 0.3 is 12.1 Å². The minimum atomic E-state index is -0.788. The monoisotopic (exact) mass is 467 g/mol. The van der Waals surface area contributed by atoms with Crippen LogP contribution in [0.4, 0.5) is 4.79 Å². The fraction of sp³-hybridized carbons (Fsp3) is 0.636. The Kier molecular flexibility index (Phi) is 6.60. The number of methoxy groups -OCH3 is 1. The molecular weight excluding hydrogens is 438 g/mol. The van der Waals surface area contributed by atoms with Crippen molar-refractivity contribution < 1.29 is 28.7 Å². The lowest BCUT2D eigenvalue weighted by molar-refractivity contribution is -0.119. The number of carbonyl (C=O) groups is 4. The van der Waals surface area contributed by atoms with Crippen LogP contribution in [0.5, 0.6) is 0 Å². The molecule has 0 aliphatic carbocycles. The largest absolute Gasteiger partial charge is 0.465 e. The van der Waals surface area contributed by atoms with Gasteiger partial charge in [0.25, 0.3) is 11.7 Å². The quantitative estimate of drug-likeness (QED) is 0.414. The van der Waals surface area contributed by atoms with Gasteiger partial charge in [0.15, 0.2) is 0 Å². The smallest absolute Gasteiger partial charge is 0.410 e. The van der Waals surface area contributed by atoms with Crippen LogP contribution in [-0.4, -0.2) is 64.6 Å². The second-order valence-corrected chi connectivity index (χ2v) is 9.92. The van der Waals surface area contributed by atoms with Crippen molar-refractivity contribution in [1.29, 1.82) is 0 Å². The van der Waals surface area contributed by atoms with Gasteiger partial charge in [-0.15, -0.1) is 0 Å². The zero-order valence-electron chi connectivity index (χ0n) is 19.2. The number of rotatable bonds is 4. The van der Waals surface area contributed by atoms with Gasteiger partial charge in [0.05, 0.1) is 17.7 Å². The number of piperidine rings is 1. The zero-order chi connectivity index (χ0) is 23.8. The molecule has 0 spiro atoms. The second-order valence-electron chi connectivity index (χ2n) is 9.54. The Morgan fingerprint density at radius 1 is 1.09 bits per heavy atom. The number of ketones is 1. The van der Waals surface area contributed by atoms with Crippen LogP contribution in [0.2, 0.25) is 5.02 Å². The van der Waals surface area contributed by atoms with Gasteiger partial charge in [0.2, 0.25) is 0 Å². The Bertz CT molecular complexity index is 954. The van der Waals surface area contributed by atoms with Gasteiger partial charge in [-0.1, -0.05) is 11.6 Å². The Hall–Kier alpha value is -2.55. The molecule has 0 unspecified atom stereocenters. The number of likely N-dealkylation sites (tertiary alicyclic amines) is 1. The number of fused-ring (bicyclic) bond motifs is 1. The molecule has 0 atom stereocenters. The highest BCUT2D eigenvalue weighted by atomic mass is 35.5. The summed E-state index contributed by atoms with van der Waals surface area (Å²) in [6.07, 6.45) is 1.87. The lowest BCUT2D eigenvalue weighted by atomic mass is 9.89. The predicted molar refractivity (Wildman–Crippen MR) is 117 cm³/mol. The standard InChI is InChI=1S/C22H30ClN3O6/c1-21(2,3)32-20(30)25-11-8-22(4,9-12-25)24-18(28)17(27)16-15(23)14(19(29)31-5)13-7-6-10-26(13)16/h6-12H2,1-5H3,(H,24,28). The predicted octanol–water partition coefficient (Wildman–Crippen LogP) is 2.96. The van der Waals surface area contributed by atoms with E-state index < -0.39 is 34.9 Å². The number of hydrogen-bond donors (Lipinski definition) is 1. The molecule has 1 saturated heterocycles. The summed E-state index contributed by atoms with van der Waals surface area (Å²) < 4.78 is 11.8. The van der Waals surface area contributed by atoms with Crippen molar-refractivity contribution in [3.8, 4) is 0 Å². The maximum Gasteiger partial charge on any atom is 0.410 e. The van der Waals surface area contributed by atoms with Crippen molar-refractivity contribution in [2.75, 3.05) is 20.2 Å². The average Bonchev–Trinajstić information content (AvgIpc) is 3.25. The number of Topliss-reactive ketones (excluding diaryl/α,β-unsaturated/α-hetero) is 1. The summed E-state index contributed by atoms with van der Waals surface area (Å²) in [4.78, 5) is 51.9. The van der Waals surface area contributed by atoms with E-state index in [2.05, 4.69) is 5.32 Å². The molecule has 3 rings (SSSR count). The summed E-state index contributed by atoms with van der Waals surface area (Å²) in [7, 11) is 1.25. The highest BCUT2D eigenvalue weighted by molar-refractivity contribution is 6.47. The van der Waals surface area contributed by atoms with E-state index in [4.69, 9.17) is 21.1 Å². The Morgan fingerprint density at radius 2 is 1.72 bits per heavy atom. The molecule has 176 valence electrons. The van der Waals surface area contributed by atoms with E-state index in [0.29, 0.717) is 44.6 Å². The molecule has 32 heavy (non-hydrogen) atoms. The summed E-state index contributed by atoms with van der Waals surface area (Å²) in [5.41, 5.74) is -0.455. The van der Waals surface area contributed by atoms with E-state index in [1.165, 1.54) is 7.11 Å². The fourth-order valence-corrected chi connectivity index (χ4v) is 4.52. The first-order chi connectivity index (χ1) is 14.9. The van der Waals surface area contributed by atoms with Gasteiger partial charge in [-0.2, -0.15) is 0 Å². The normalized spacial score (nSPS) is 17.5. The van der Waals surface area contributed by atoms with E-state index in [0.717, 1.165) is 6.42 Å². The zero-order valence-corrected chi connectivity index (χ0v) is 19.9. The molecule has 1 fully saturated rings. The van der Waals surface area contributed by atoms with E-state index in [1.54, 1.807) is 30.2 Å². The van der Waals surface area contributed by atoms with Gasteiger partial charge in [-0.3, -0.25) is 9.59 Å². The number of hydrogen-bond acceptors (Lipinski definition) is 6. The summed E-state index contributed by atoms with van der Waals surface area (Å²) >= 11 is 6.36. The summed E-state index contributed by atoms with van der Waals surface area (Å²) in [6, 6.07) is 0. The third kappa shape index (κ3) is 4.77. The molecule has 9 nitrogen and oxygen atoms in total. The number of nitrogens with zero attached hydrogens (tertiary/aromatic N) is 2. The Balaban J connectivity index is 1.70. The average molecular weight is 468 g/mol. The van der Waals surface area contributed by atoms with Crippen LogP contribution in [0.1, 0.15) is 73.5 Å². The summed E-state index contributed by atoms with van der Waals surface area (Å²) in [5, 5.41) is 2.77. The van der Waals surface area contributed by atoms with Crippen molar-refractivity contribution in [3.05, 3.63) is 22.0 Å². The van der Waals surface area contributed by atoms with Gasteiger partial charge in [0.1, 0.15) is 11.3 Å². The lowest BCUT2D eigenvalue weighted by Gasteiger charge is -2.40.